The van der Waals surface area contributed by atoms with Gasteiger partial charge in [-0.15, -0.1) is 12.4 Å². The maximum absolute atomic E-state index is 12.7. The molecule has 0 aliphatic rings. The molecule has 0 spiro atoms. The summed E-state index contributed by atoms with van der Waals surface area (Å²) in [6.07, 6.45) is 3.20. The van der Waals surface area contributed by atoms with Crippen molar-refractivity contribution in [2.24, 2.45) is 17.1 Å². The SMILES string of the molecule is CCOC(=O)/C(=C/[C@H](CC(C)C)N(C)C(=O)[C@@H](N)C(C)(C)C)CC.Cl. The Kier molecular flexibility index (Phi) is 12.1. The van der Waals surface area contributed by atoms with Gasteiger partial charge >= 0.3 is 5.97 Å². The topological polar surface area (TPSA) is 72.6 Å². The lowest BCUT2D eigenvalue weighted by atomic mass is 9.86. The smallest absolute Gasteiger partial charge is 0.333 e. The van der Waals surface area contributed by atoms with E-state index in [0.29, 0.717) is 24.5 Å². The van der Waals surface area contributed by atoms with Gasteiger partial charge in [0.05, 0.1) is 18.7 Å². The van der Waals surface area contributed by atoms with Crippen molar-refractivity contribution in [2.75, 3.05) is 13.7 Å². The summed E-state index contributed by atoms with van der Waals surface area (Å²) >= 11 is 0. The van der Waals surface area contributed by atoms with E-state index >= 15 is 0 Å². The summed E-state index contributed by atoms with van der Waals surface area (Å²) in [5, 5.41) is 0. The number of amides is 1. The van der Waals surface area contributed by atoms with Gasteiger partial charge in [-0.2, -0.15) is 0 Å². The Morgan fingerprint density at radius 3 is 2.08 bits per heavy atom. The summed E-state index contributed by atoms with van der Waals surface area (Å²) in [5.41, 5.74) is 6.42. The lowest BCUT2D eigenvalue weighted by Crippen LogP contribution is -2.52. The molecule has 0 aliphatic heterocycles. The molecule has 0 aromatic rings. The molecule has 0 heterocycles. The van der Waals surface area contributed by atoms with Crippen molar-refractivity contribution in [3.05, 3.63) is 11.6 Å². The third-order valence-electron chi connectivity index (χ3n) is 4.07. The van der Waals surface area contributed by atoms with E-state index in [4.69, 9.17) is 10.5 Å². The molecule has 0 saturated carbocycles. The summed E-state index contributed by atoms with van der Waals surface area (Å²) in [4.78, 5) is 26.5. The molecule has 25 heavy (non-hydrogen) atoms. The number of nitrogens with two attached hydrogens (primary N) is 1. The van der Waals surface area contributed by atoms with Crippen LogP contribution >= 0.6 is 12.4 Å². The van der Waals surface area contributed by atoms with Crippen LogP contribution in [0.1, 0.15) is 61.3 Å². The van der Waals surface area contributed by atoms with Crippen molar-refractivity contribution in [1.82, 2.24) is 4.90 Å². The van der Waals surface area contributed by atoms with Gasteiger partial charge in [-0.05, 0) is 31.1 Å². The van der Waals surface area contributed by atoms with Crippen LogP contribution in [0, 0.1) is 11.3 Å². The molecule has 5 nitrogen and oxygen atoms in total. The lowest BCUT2D eigenvalue weighted by molar-refractivity contribution is -0.139. The minimum Gasteiger partial charge on any atom is -0.463 e. The average Bonchev–Trinajstić information content (AvgIpc) is 2.47. The first-order valence-electron chi connectivity index (χ1n) is 8.85. The van der Waals surface area contributed by atoms with E-state index in [1.807, 2.05) is 33.8 Å². The number of esters is 1. The van der Waals surface area contributed by atoms with Gasteiger partial charge in [0.25, 0.3) is 0 Å². The van der Waals surface area contributed by atoms with Gasteiger partial charge in [-0.3, -0.25) is 4.79 Å². The number of rotatable bonds is 8. The van der Waals surface area contributed by atoms with Crippen LogP contribution in [-0.4, -0.2) is 42.5 Å². The fraction of sp³-hybridized carbons (Fsp3) is 0.789. The molecule has 0 aromatic heterocycles. The van der Waals surface area contributed by atoms with Gasteiger partial charge in [0.1, 0.15) is 0 Å². The normalized spacial score (nSPS) is 14.6. The van der Waals surface area contributed by atoms with Gasteiger partial charge in [-0.1, -0.05) is 47.6 Å². The standard InChI is InChI=1S/C19H36N2O3.ClH/c1-9-14(18(23)24-10-2)12-15(11-13(3)4)21(8)17(22)16(20)19(5,6)7;/h12-13,15-16H,9-11,20H2,1-8H3;1H/b14-12+;/t15-,16+;/m0./s1. The molecule has 0 aromatic carbocycles. The fourth-order valence-electron chi connectivity index (χ4n) is 2.36. The van der Waals surface area contributed by atoms with E-state index < -0.39 is 6.04 Å². The second kappa shape index (κ2) is 11.5. The molecule has 0 radical (unpaired) electrons. The Bertz CT molecular complexity index is 456. The summed E-state index contributed by atoms with van der Waals surface area (Å²) in [6, 6.07) is -0.761. The Balaban J connectivity index is 0. The maximum atomic E-state index is 12.7. The number of ether oxygens (including phenoxy) is 1. The molecule has 0 saturated heterocycles. The minimum atomic E-state index is -0.585. The third kappa shape index (κ3) is 8.73. The minimum absolute atomic E-state index is 0. The molecule has 0 rings (SSSR count). The molecule has 0 aliphatic carbocycles. The van der Waals surface area contributed by atoms with Crippen LogP contribution in [0.5, 0.6) is 0 Å². The highest BCUT2D eigenvalue weighted by atomic mass is 35.5. The zero-order valence-electron chi connectivity index (χ0n) is 17.1. The predicted octanol–water partition coefficient (Wildman–Crippen LogP) is 3.55. The highest BCUT2D eigenvalue weighted by Crippen LogP contribution is 2.22. The van der Waals surface area contributed by atoms with Crippen molar-refractivity contribution in [3.63, 3.8) is 0 Å². The van der Waals surface area contributed by atoms with Gasteiger partial charge in [0.2, 0.25) is 5.91 Å². The van der Waals surface area contributed by atoms with Crippen LogP contribution in [0.25, 0.3) is 0 Å². The Labute approximate surface area is 159 Å². The Hall–Kier alpha value is -1.07. The predicted molar refractivity (Wildman–Crippen MR) is 106 cm³/mol. The van der Waals surface area contributed by atoms with Crippen LogP contribution in [-0.2, 0) is 14.3 Å². The first kappa shape index (κ1) is 26.2. The van der Waals surface area contributed by atoms with Crippen molar-refractivity contribution in [3.8, 4) is 0 Å². The second-order valence-electron chi connectivity index (χ2n) is 7.76. The zero-order chi connectivity index (χ0) is 19.1. The van der Waals surface area contributed by atoms with E-state index in [-0.39, 0.29) is 35.7 Å². The molecule has 0 unspecified atom stereocenters. The first-order valence-corrected chi connectivity index (χ1v) is 8.85. The van der Waals surface area contributed by atoms with Crippen molar-refractivity contribution in [2.45, 2.75) is 73.4 Å². The second-order valence-corrected chi connectivity index (χ2v) is 7.76. The highest BCUT2D eigenvalue weighted by molar-refractivity contribution is 5.89. The van der Waals surface area contributed by atoms with E-state index in [1.54, 1.807) is 18.9 Å². The van der Waals surface area contributed by atoms with Gasteiger partial charge in [-0.25, -0.2) is 4.79 Å². The number of carbonyl (C=O) groups excluding carboxylic acids is 2. The zero-order valence-corrected chi connectivity index (χ0v) is 17.9. The van der Waals surface area contributed by atoms with Crippen molar-refractivity contribution >= 4 is 24.3 Å². The Morgan fingerprint density at radius 1 is 1.20 bits per heavy atom. The fourth-order valence-corrected chi connectivity index (χ4v) is 2.36. The first-order chi connectivity index (χ1) is 10.9. The van der Waals surface area contributed by atoms with E-state index in [0.717, 1.165) is 6.42 Å². The van der Waals surface area contributed by atoms with Crippen LogP contribution < -0.4 is 5.73 Å². The quantitative estimate of drug-likeness (QED) is 0.519. The molecule has 2 atom stereocenters. The summed E-state index contributed by atoms with van der Waals surface area (Å²) < 4.78 is 5.11. The molecular weight excluding hydrogens is 340 g/mol. The number of hydrogen-bond acceptors (Lipinski definition) is 4. The average molecular weight is 377 g/mol. The van der Waals surface area contributed by atoms with Crippen LogP contribution in [0.2, 0.25) is 0 Å². The number of carbonyl (C=O) groups is 2. The molecule has 0 bridgehead atoms. The molecular formula is C19H37ClN2O3. The van der Waals surface area contributed by atoms with E-state index in [1.165, 1.54) is 0 Å². The summed E-state index contributed by atoms with van der Waals surface area (Å²) in [7, 11) is 1.76. The number of halogens is 1. The summed E-state index contributed by atoms with van der Waals surface area (Å²) in [6.45, 7) is 14.1. The lowest BCUT2D eigenvalue weighted by Gasteiger charge is -2.34. The van der Waals surface area contributed by atoms with Gasteiger partial charge in [0, 0.05) is 12.6 Å². The molecule has 1 amide bonds. The highest BCUT2D eigenvalue weighted by Gasteiger charge is 2.32. The maximum Gasteiger partial charge on any atom is 0.333 e. The van der Waals surface area contributed by atoms with Crippen LogP contribution in [0.4, 0.5) is 0 Å². The summed E-state index contributed by atoms with van der Waals surface area (Å²) in [5.74, 6) is -0.0360. The number of hydrogen-bond donors (Lipinski definition) is 1. The van der Waals surface area contributed by atoms with Crippen LogP contribution in [0.15, 0.2) is 11.6 Å². The van der Waals surface area contributed by atoms with E-state index in [2.05, 4.69) is 13.8 Å². The third-order valence-corrected chi connectivity index (χ3v) is 4.07. The van der Waals surface area contributed by atoms with Crippen molar-refractivity contribution in [1.29, 1.82) is 0 Å². The number of likely N-dealkylation sites (N-methyl/N-ethyl adjacent to an activating group) is 1. The largest absolute Gasteiger partial charge is 0.463 e. The van der Waals surface area contributed by atoms with E-state index in [9.17, 15) is 9.59 Å². The molecule has 0 fully saturated rings. The molecule has 2 N–H and O–H groups in total. The van der Waals surface area contributed by atoms with Gasteiger partial charge < -0.3 is 15.4 Å². The Morgan fingerprint density at radius 2 is 1.72 bits per heavy atom. The molecule has 6 heteroatoms. The monoisotopic (exact) mass is 376 g/mol. The molecule has 148 valence electrons. The van der Waals surface area contributed by atoms with Crippen LogP contribution in [0.3, 0.4) is 0 Å². The van der Waals surface area contributed by atoms with Gasteiger partial charge in [0.15, 0.2) is 0 Å². The number of nitrogens with zero attached hydrogens (tertiary/aromatic N) is 1. The van der Waals surface area contributed by atoms with Crippen molar-refractivity contribution < 1.29 is 14.3 Å².